The Kier molecular flexibility index (Phi) is 12.9. The average Bonchev–Trinajstić information content (AvgIpc) is 2.73. The normalized spacial score (nSPS) is 21.5. The molecule has 0 aromatic heterocycles. The van der Waals surface area contributed by atoms with Gasteiger partial charge in [0.05, 0.1) is 19.7 Å². The van der Waals surface area contributed by atoms with E-state index in [1.807, 2.05) is 25.1 Å². The van der Waals surface area contributed by atoms with Gasteiger partial charge < -0.3 is 20.3 Å². The molecule has 4 atom stereocenters. The third kappa shape index (κ3) is 8.00. The molecule has 2 rings (SSSR count). The van der Waals surface area contributed by atoms with Crippen molar-refractivity contribution in [3.05, 3.63) is 29.8 Å². The number of hydrogen-bond donors (Lipinski definition) is 2. The lowest BCUT2D eigenvalue weighted by Crippen LogP contribution is -2.47. The van der Waals surface area contributed by atoms with Crippen LogP contribution in [-0.2, 0) is 10.8 Å². The zero-order valence-corrected chi connectivity index (χ0v) is 22.2. The molecule has 1 aliphatic rings. The highest BCUT2D eigenvalue weighted by atomic mass is 127. The third-order valence-corrected chi connectivity index (χ3v) is 7.25. The number of ether oxygens (including phenoxy) is 1. The Morgan fingerprint density at radius 2 is 2.03 bits per heavy atom. The number of likely N-dealkylation sites (N-methyl/N-ethyl adjacent to an activating group) is 1. The van der Waals surface area contributed by atoms with Crippen LogP contribution < -0.4 is 15.4 Å². The number of nitrogens with zero attached hydrogens (tertiary/aromatic N) is 2. The van der Waals surface area contributed by atoms with Crippen LogP contribution in [-0.4, -0.2) is 66.4 Å². The van der Waals surface area contributed by atoms with Crippen LogP contribution in [0.15, 0.2) is 29.3 Å². The van der Waals surface area contributed by atoms with Crippen molar-refractivity contribution in [2.45, 2.75) is 56.9 Å². The molecular weight excluding hydrogens is 511 g/mol. The Hall–Kier alpha value is -0.870. The number of benzene rings is 1. The van der Waals surface area contributed by atoms with Crippen LogP contribution in [0.25, 0.3) is 0 Å². The molecule has 1 saturated carbocycles. The van der Waals surface area contributed by atoms with Crippen LogP contribution in [0.2, 0.25) is 0 Å². The van der Waals surface area contributed by atoms with E-state index >= 15 is 0 Å². The molecule has 0 bridgehead atoms. The first-order valence-electron chi connectivity index (χ1n) is 10.7. The second-order valence-corrected chi connectivity index (χ2v) is 9.75. The fourth-order valence-corrected chi connectivity index (χ4v) is 5.27. The summed E-state index contributed by atoms with van der Waals surface area (Å²) >= 11 is 0. The molecule has 6 nitrogen and oxygen atoms in total. The minimum atomic E-state index is -0.719. The number of aliphatic imine (C=N–C) groups is 1. The van der Waals surface area contributed by atoms with Gasteiger partial charge in [-0.15, -0.1) is 24.0 Å². The van der Waals surface area contributed by atoms with Gasteiger partial charge in [0.25, 0.3) is 0 Å². The maximum atomic E-state index is 12.3. The van der Waals surface area contributed by atoms with Crippen LogP contribution in [0.1, 0.15) is 51.1 Å². The Bertz CT molecular complexity index is 687. The number of nitrogens with one attached hydrogen (secondary N) is 2. The van der Waals surface area contributed by atoms with Gasteiger partial charge in [0.1, 0.15) is 5.75 Å². The second-order valence-electron chi connectivity index (χ2n) is 7.74. The lowest BCUT2D eigenvalue weighted by molar-refractivity contribution is 0.295. The van der Waals surface area contributed by atoms with Gasteiger partial charge in [-0.25, -0.2) is 0 Å². The minimum absolute atomic E-state index is 0. The number of methoxy groups -OCH3 is 1. The van der Waals surface area contributed by atoms with E-state index in [9.17, 15) is 4.21 Å². The predicted molar refractivity (Wildman–Crippen MR) is 139 cm³/mol. The number of rotatable bonds is 9. The molecule has 1 aromatic carbocycles. The molecule has 0 aliphatic heterocycles. The van der Waals surface area contributed by atoms with Crippen molar-refractivity contribution in [2.75, 3.05) is 40.0 Å². The van der Waals surface area contributed by atoms with Crippen molar-refractivity contribution in [3.63, 3.8) is 0 Å². The van der Waals surface area contributed by atoms with Gasteiger partial charge in [0, 0.05) is 40.0 Å². The van der Waals surface area contributed by atoms with Gasteiger partial charge >= 0.3 is 0 Å². The summed E-state index contributed by atoms with van der Waals surface area (Å²) in [6.07, 6.45) is 4.25. The predicted octanol–water partition coefficient (Wildman–Crippen LogP) is 3.55. The molecule has 0 saturated heterocycles. The molecule has 1 fully saturated rings. The van der Waals surface area contributed by atoms with E-state index in [4.69, 9.17) is 9.73 Å². The summed E-state index contributed by atoms with van der Waals surface area (Å²) in [6, 6.07) is 8.57. The molecule has 0 spiro atoms. The molecule has 8 heteroatoms. The molecule has 0 radical (unpaired) electrons. The lowest BCUT2D eigenvalue weighted by Gasteiger charge is -2.30. The number of para-hydroxylation sites is 1. The first-order valence-corrected chi connectivity index (χ1v) is 12.1. The maximum absolute atomic E-state index is 12.3. The topological polar surface area (TPSA) is 66.0 Å². The molecule has 1 aliphatic carbocycles. The zero-order valence-electron chi connectivity index (χ0n) is 19.0. The first-order chi connectivity index (χ1) is 14.0. The van der Waals surface area contributed by atoms with Crippen molar-refractivity contribution in [2.24, 2.45) is 4.99 Å². The van der Waals surface area contributed by atoms with Gasteiger partial charge in [0.15, 0.2) is 5.96 Å². The van der Waals surface area contributed by atoms with Gasteiger partial charge in [-0.3, -0.25) is 9.20 Å². The van der Waals surface area contributed by atoms with E-state index in [2.05, 4.69) is 42.6 Å². The van der Waals surface area contributed by atoms with E-state index in [0.717, 1.165) is 55.3 Å². The summed E-state index contributed by atoms with van der Waals surface area (Å²) in [5.41, 5.74) is 1.13. The van der Waals surface area contributed by atoms with E-state index in [1.165, 1.54) is 0 Å². The smallest absolute Gasteiger partial charge is 0.191 e. The molecule has 4 unspecified atom stereocenters. The summed E-state index contributed by atoms with van der Waals surface area (Å²) in [5, 5.41) is 7.27. The monoisotopic (exact) mass is 550 g/mol. The molecule has 0 amide bonds. The zero-order chi connectivity index (χ0) is 21.2. The van der Waals surface area contributed by atoms with Gasteiger partial charge in [0.2, 0.25) is 0 Å². The Morgan fingerprint density at radius 1 is 1.30 bits per heavy atom. The average molecular weight is 551 g/mol. The Morgan fingerprint density at radius 3 is 2.67 bits per heavy atom. The standard InChI is InChI=1S/C22H38N4O2S.HI/c1-6-23-22(25-17-11-10-12-18(15-17)29(27)7-2)24-16-20(26(3)4)19-13-8-9-14-21(19)28-5;/h8-9,13-14,17-18,20H,6-7,10-12,15-16H2,1-5H3,(H2,23,24,25);1H. The van der Waals surface area contributed by atoms with Crippen LogP contribution in [0, 0.1) is 0 Å². The minimum Gasteiger partial charge on any atom is -0.496 e. The molecular formula is C22H39IN4O2S. The van der Waals surface area contributed by atoms with Crippen LogP contribution in [0.3, 0.4) is 0 Å². The first kappa shape index (κ1) is 27.2. The largest absolute Gasteiger partial charge is 0.496 e. The lowest BCUT2D eigenvalue weighted by atomic mass is 9.95. The van der Waals surface area contributed by atoms with E-state index in [1.54, 1.807) is 7.11 Å². The van der Waals surface area contributed by atoms with Gasteiger partial charge in [-0.2, -0.15) is 0 Å². The summed E-state index contributed by atoms with van der Waals surface area (Å²) in [4.78, 5) is 7.06. The van der Waals surface area contributed by atoms with Crippen molar-refractivity contribution < 1.29 is 8.95 Å². The molecule has 30 heavy (non-hydrogen) atoms. The third-order valence-electron chi connectivity index (χ3n) is 5.51. The number of halogens is 1. The van der Waals surface area contributed by atoms with Crippen LogP contribution in [0.4, 0.5) is 0 Å². The van der Waals surface area contributed by atoms with Crippen molar-refractivity contribution in [1.82, 2.24) is 15.5 Å². The molecule has 1 aromatic rings. The highest BCUT2D eigenvalue weighted by Gasteiger charge is 2.26. The molecule has 172 valence electrons. The Balaban J connectivity index is 0.00000450. The summed E-state index contributed by atoms with van der Waals surface area (Å²) < 4.78 is 17.8. The summed E-state index contributed by atoms with van der Waals surface area (Å²) in [6.45, 7) is 5.53. The van der Waals surface area contributed by atoms with E-state index < -0.39 is 10.8 Å². The SMILES string of the molecule is CCNC(=NCC(c1ccccc1OC)N(C)C)NC1CCCC(S(=O)CC)C1.I. The highest BCUT2D eigenvalue weighted by molar-refractivity contribution is 14.0. The van der Waals surface area contributed by atoms with E-state index in [-0.39, 0.29) is 30.0 Å². The van der Waals surface area contributed by atoms with Crippen LogP contribution >= 0.6 is 24.0 Å². The molecule has 2 N–H and O–H groups in total. The van der Waals surface area contributed by atoms with Gasteiger partial charge in [-0.05, 0) is 46.3 Å². The second kappa shape index (κ2) is 14.2. The fourth-order valence-electron chi connectivity index (χ4n) is 3.92. The Labute approximate surface area is 202 Å². The van der Waals surface area contributed by atoms with Gasteiger partial charge in [-0.1, -0.05) is 31.5 Å². The number of hydrogen-bond acceptors (Lipinski definition) is 4. The van der Waals surface area contributed by atoms with Crippen molar-refractivity contribution in [1.29, 1.82) is 0 Å². The highest BCUT2D eigenvalue weighted by Crippen LogP contribution is 2.28. The quantitative estimate of drug-likeness (QED) is 0.280. The number of guanidine groups is 1. The van der Waals surface area contributed by atoms with Crippen molar-refractivity contribution in [3.8, 4) is 5.75 Å². The summed E-state index contributed by atoms with van der Waals surface area (Å²) in [7, 11) is 5.13. The summed E-state index contributed by atoms with van der Waals surface area (Å²) in [5.74, 6) is 2.47. The van der Waals surface area contributed by atoms with E-state index in [0.29, 0.717) is 17.8 Å². The van der Waals surface area contributed by atoms with Crippen LogP contribution in [0.5, 0.6) is 5.75 Å². The fraction of sp³-hybridized carbons (Fsp3) is 0.682. The maximum Gasteiger partial charge on any atom is 0.191 e. The molecule has 0 heterocycles. The van der Waals surface area contributed by atoms with Crippen molar-refractivity contribution >= 4 is 40.7 Å².